The van der Waals surface area contributed by atoms with E-state index < -0.39 is 23.3 Å². The second-order valence-electron chi connectivity index (χ2n) is 14.9. The number of carbonyl (C=O) groups excluding carboxylic acids is 2. The van der Waals surface area contributed by atoms with Crippen LogP contribution in [0.3, 0.4) is 0 Å². The number of hydrogen-bond donors (Lipinski definition) is 0. The minimum atomic E-state index is -0.963. The van der Waals surface area contributed by atoms with E-state index in [9.17, 15) is 9.59 Å². The van der Waals surface area contributed by atoms with Crippen LogP contribution in [-0.2, 0) is 26.1 Å². The number of thiazole rings is 1. The number of benzene rings is 3. The smallest absolute Gasteiger partial charge is 0.410 e. The second kappa shape index (κ2) is 14.1. The zero-order valence-corrected chi connectivity index (χ0v) is 32.3. The fraction of sp³-hybridized carbons (Fsp3) is 0.436. The molecule has 1 aliphatic rings. The highest BCUT2D eigenvalue weighted by Gasteiger charge is 2.37. The predicted octanol–water partition coefficient (Wildman–Crippen LogP) is 9.03. The Morgan fingerprint density at radius 2 is 1.75 bits per heavy atom. The molecule has 270 valence electrons. The summed E-state index contributed by atoms with van der Waals surface area (Å²) in [4.78, 5) is 36.4. The van der Waals surface area contributed by atoms with Gasteiger partial charge in [-0.25, -0.2) is 14.6 Å². The minimum absolute atomic E-state index is 0.231. The Bertz CT molecular complexity index is 2080. The number of piperazine rings is 1. The lowest BCUT2D eigenvalue weighted by Gasteiger charge is -2.41. The maximum Gasteiger partial charge on any atom is 0.410 e. The lowest BCUT2D eigenvalue weighted by molar-refractivity contribution is -0.166. The van der Waals surface area contributed by atoms with Gasteiger partial charge in [0.15, 0.2) is 11.2 Å². The van der Waals surface area contributed by atoms with Gasteiger partial charge in [-0.2, -0.15) is 5.10 Å². The van der Waals surface area contributed by atoms with Gasteiger partial charge in [0.05, 0.1) is 40.2 Å². The quantitative estimate of drug-likeness (QED) is 0.153. The van der Waals surface area contributed by atoms with Gasteiger partial charge in [0.25, 0.3) is 0 Å². The first-order valence-corrected chi connectivity index (χ1v) is 18.4. The van der Waals surface area contributed by atoms with Crippen molar-refractivity contribution in [1.82, 2.24) is 19.7 Å². The summed E-state index contributed by atoms with van der Waals surface area (Å²) in [5.74, 6) is -0.443. The number of carbonyl (C=O) groups is 2. The average molecular weight is 732 g/mol. The fourth-order valence-corrected chi connectivity index (χ4v) is 7.83. The number of aromatic nitrogens is 3. The summed E-state index contributed by atoms with van der Waals surface area (Å²) in [6.45, 7) is 17.0. The van der Waals surface area contributed by atoms with E-state index >= 15 is 0 Å². The van der Waals surface area contributed by atoms with Crippen molar-refractivity contribution in [2.75, 3.05) is 31.1 Å². The molecule has 1 fully saturated rings. The standard InChI is InChI=1S/C39H46ClN5O5S/c1-10-48-35(46)33(49-38(3,4)5)31-23(2)19-28-34(32(31)24-11-14-27(40)15-12-24)51-36(42-28)44-17-18-45(37(47)50-39(6,7)8)30(22-44)25-13-16-29-26(20-25)21-41-43(29)9/h11-16,19-21,30,33H,10,17-18,22H2,1-9H3. The number of nitrogens with zero attached hydrogens (tertiary/aromatic N) is 5. The molecule has 3 aromatic carbocycles. The summed E-state index contributed by atoms with van der Waals surface area (Å²) in [6.07, 6.45) is 0.530. The third-order valence-electron chi connectivity index (χ3n) is 8.72. The number of ether oxygens (including phenoxy) is 3. The molecule has 51 heavy (non-hydrogen) atoms. The van der Waals surface area contributed by atoms with Crippen LogP contribution in [0.15, 0.2) is 54.7 Å². The molecule has 10 nitrogen and oxygen atoms in total. The van der Waals surface area contributed by atoms with Crippen molar-refractivity contribution in [2.24, 2.45) is 7.05 Å². The number of esters is 1. The highest BCUT2D eigenvalue weighted by Crippen LogP contribution is 2.45. The maximum absolute atomic E-state index is 13.6. The topological polar surface area (TPSA) is 99.0 Å². The second-order valence-corrected chi connectivity index (χ2v) is 16.3. The number of halogens is 1. The Hall–Kier alpha value is -4.19. The predicted molar refractivity (Wildman–Crippen MR) is 204 cm³/mol. The Labute approximate surface area is 308 Å². The van der Waals surface area contributed by atoms with Crippen molar-refractivity contribution in [1.29, 1.82) is 0 Å². The molecular formula is C39H46ClN5O5S. The lowest BCUT2D eigenvalue weighted by Crippen LogP contribution is -2.52. The van der Waals surface area contributed by atoms with E-state index in [1.165, 1.54) is 0 Å². The van der Waals surface area contributed by atoms with Gasteiger partial charge >= 0.3 is 12.1 Å². The van der Waals surface area contributed by atoms with Crippen molar-refractivity contribution in [3.8, 4) is 11.1 Å². The summed E-state index contributed by atoms with van der Waals surface area (Å²) < 4.78 is 20.7. The van der Waals surface area contributed by atoms with Crippen LogP contribution < -0.4 is 4.90 Å². The number of amides is 1. The molecule has 1 amide bonds. The highest BCUT2D eigenvalue weighted by molar-refractivity contribution is 7.22. The third-order valence-corrected chi connectivity index (χ3v) is 10.1. The summed E-state index contributed by atoms with van der Waals surface area (Å²) >= 11 is 7.91. The first-order chi connectivity index (χ1) is 24.0. The molecule has 12 heteroatoms. The summed E-state index contributed by atoms with van der Waals surface area (Å²) in [7, 11) is 1.92. The molecule has 0 N–H and O–H groups in total. The molecule has 2 unspecified atom stereocenters. The van der Waals surface area contributed by atoms with Gasteiger partial charge in [-0.1, -0.05) is 41.1 Å². The Balaban J connectivity index is 1.47. The molecule has 2 aromatic heterocycles. The van der Waals surface area contributed by atoms with E-state index in [0.29, 0.717) is 24.7 Å². The van der Waals surface area contributed by atoms with Gasteiger partial charge in [-0.15, -0.1) is 0 Å². The largest absolute Gasteiger partial charge is 0.464 e. The van der Waals surface area contributed by atoms with E-state index in [0.717, 1.165) is 54.1 Å². The van der Waals surface area contributed by atoms with Crippen LogP contribution in [0.25, 0.3) is 32.2 Å². The van der Waals surface area contributed by atoms with Gasteiger partial charge in [-0.05, 0) is 102 Å². The minimum Gasteiger partial charge on any atom is -0.464 e. The van der Waals surface area contributed by atoms with Gasteiger partial charge in [0, 0.05) is 48.2 Å². The summed E-state index contributed by atoms with van der Waals surface area (Å²) in [5, 5.41) is 6.85. The molecule has 1 aliphatic heterocycles. The zero-order chi connectivity index (χ0) is 36.8. The molecule has 5 aromatic rings. The number of rotatable bonds is 7. The maximum atomic E-state index is 13.6. The molecule has 3 heterocycles. The van der Waals surface area contributed by atoms with Gasteiger partial charge in [-0.3, -0.25) is 9.58 Å². The molecule has 1 saturated heterocycles. The van der Waals surface area contributed by atoms with Crippen molar-refractivity contribution in [3.05, 3.63) is 76.4 Å². The van der Waals surface area contributed by atoms with E-state index in [-0.39, 0.29) is 18.7 Å². The number of aryl methyl sites for hydroxylation is 2. The van der Waals surface area contributed by atoms with Gasteiger partial charge < -0.3 is 19.1 Å². The Morgan fingerprint density at radius 1 is 1.02 bits per heavy atom. The van der Waals surface area contributed by atoms with Crippen molar-refractivity contribution in [2.45, 2.75) is 78.7 Å². The monoisotopic (exact) mass is 731 g/mol. The van der Waals surface area contributed by atoms with Crippen molar-refractivity contribution >= 4 is 61.3 Å². The SMILES string of the molecule is CCOC(=O)C(OC(C)(C)C)c1c(C)cc2nc(N3CCN(C(=O)OC(C)(C)C)C(c4ccc5c(cnn5C)c4)C3)sc2c1-c1ccc(Cl)cc1. The first-order valence-electron chi connectivity index (χ1n) is 17.2. The normalized spacial score (nSPS) is 16.2. The van der Waals surface area contributed by atoms with E-state index in [1.807, 2.05) is 108 Å². The number of anilines is 1. The van der Waals surface area contributed by atoms with Crippen LogP contribution in [0.5, 0.6) is 0 Å². The van der Waals surface area contributed by atoms with E-state index in [4.69, 9.17) is 30.8 Å². The van der Waals surface area contributed by atoms with E-state index in [2.05, 4.69) is 22.1 Å². The van der Waals surface area contributed by atoms with Crippen LogP contribution in [-0.4, -0.2) is 69.2 Å². The average Bonchev–Trinajstić information content (AvgIpc) is 3.65. The molecule has 0 aliphatic carbocycles. The fourth-order valence-electron chi connectivity index (χ4n) is 6.54. The summed E-state index contributed by atoms with van der Waals surface area (Å²) in [6, 6.07) is 15.5. The van der Waals surface area contributed by atoms with Crippen LogP contribution in [0.1, 0.15) is 77.3 Å². The lowest BCUT2D eigenvalue weighted by atomic mass is 9.91. The van der Waals surface area contributed by atoms with Crippen LogP contribution >= 0.6 is 22.9 Å². The molecule has 6 rings (SSSR count). The van der Waals surface area contributed by atoms with Gasteiger partial charge in [0.1, 0.15) is 5.60 Å². The molecule has 0 bridgehead atoms. The molecular weight excluding hydrogens is 686 g/mol. The first kappa shape index (κ1) is 36.6. The van der Waals surface area contributed by atoms with Crippen LogP contribution in [0.4, 0.5) is 9.93 Å². The molecule has 0 radical (unpaired) electrons. The number of fused-ring (bicyclic) bond motifs is 2. The Morgan fingerprint density at radius 3 is 2.41 bits per heavy atom. The van der Waals surface area contributed by atoms with Crippen molar-refractivity contribution < 1.29 is 23.8 Å². The molecule has 0 spiro atoms. The third kappa shape index (κ3) is 7.85. The van der Waals surface area contributed by atoms with Crippen LogP contribution in [0, 0.1) is 6.92 Å². The zero-order valence-electron chi connectivity index (χ0n) is 30.7. The number of hydrogen-bond acceptors (Lipinski definition) is 9. The highest BCUT2D eigenvalue weighted by atomic mass is 35.5. The Kier molecular flexibility index (Phi) is 10.1. The summed E-state index contributed by atoms with van der Waals surface area (Å²) in [5.41, 5.74) is 4.91. The van der Waals surface area contributed by atoms with Gasteiger partial charge in [0.2, 0.25) is 0 Å². The molecule has 2 atom stereocenters. The van der Waals surface area contributed by atoms with E-state index in [1.54, 1.807) is 18.3 Å². The molecule has 0 saturated carbocycles. The van der Waals surface area contributed by atoms with Crippen molar-refractivity contribution in [3.63, 3.8) is 0 Å². The van der Waals surface area contributed by atoms with Crippen LogP contribution in [0.2, 0.25) is 5.02 Å².